The van der Waals surface area contributed by atoms with E-state index in [1.165, 1.54) is 0 Å². The summed E-state index contributed by atoms with van der Waals surface area (Å²) >= 11 is 0. The highest BCUT2D eigenvalue weighted by Crippen LogP contribution is 2.69. The lowest BCUT2D eigenvalue weighted by Gasteiger charge is -2.64. The molecule has 4 aliphatic rings. The van der Waals surface area contributed by atoms with Gasteiger partial charge in [0.05, 0.1) is 18.0 Å². The van der Waals surface area contributed by atoms with Gasteiger partial charge in [0.15, 0.2) is 0 Å². The molecule has 4 aliphatic carbocycles. The van der Waals surface area contributed by atoms with E-state index in [4.69, 9.17) is 0 Å². The Labute approximate surface area is 235 Å². The van der Waals surface area contributed by atoms with E-state index in [-0.39, 0.29) is 53.0 Å². The van der Waals surface area contributed by atoms with Crippen molar-refractivity contribution in [3.8, 4) is 0 Å². The van der Waals surface area contributed by atoms with Crippen LogP contribution in [-0.4, -0.2) is 36.7 Å². The minimum Gasteiger partial charge on any atom is -0.393 e. The number of rotatable bonds is 7. The van der Waals surface area contributed by atoms with Gasteiger partial charge in [-0.05, 0) is 103 Å². The van der Waals surface area contributed by atoms with Gasteiger partial charge < -0.3 is 10.2 Å². The van der Waals surface area contributed by atoms with Crippen LogP contribution in [0.1, 0.15) is 91.0 Å². The molecule has 6 nitrogen and oxygen atoms in total. The van der Waals surface area contributed by atoms with E-state index in [1.807, 2.05) is 6.07 Å². The van der Waals surface area contributed by atoms with Crippen molar-refractivity contribution in [3.63, 3.8) is 0 Å². The van der Waals surface area contributed by atoms with E-state index < -0.39 is 15.9 Å². The molecular formula is C32H49NO5S. The molecule has 1 aromatic rings. The highest BCUT2D eigenvalue weighted by atomic mass is 32.2. The molecule has 0 aliphatic heterocycles. The fourth-order valence-electron chi connectivity index (χ4n) is 10.4. The molecule has 0 aromatic heterocycles. The molecule has 1 unspecified atom stereocenters. The molecule has 11 atom stereocenters. The number of nitrogens with one attached hydrogen (secondary N) is 1. The Hall–Kier alpha value is -1.44. The van der Waals surface area contributed by atoms with Crippen LogP contribution in [0.3, 0.4) is 0 Å². The van der Waals surface area contributed by atoms with Crippen molar-refractivity contribution < 1.29 is 23.4 Å². The number of carbonyl (C=O) groups is 1. The van der Waals surface area contributed by atoms with Gasteiger partial charge in [-0.15, -0.1) is 0 Å². The zero-order valence-electron chi connectivity index (χ0n) is 24.2. The molecule has 7 heteroatoms. The van der Waals surface area contributed by atoms with Crippen molar-refractivity contribution in [2.24, 2.45) is 52.3 Å². The third kappa shape index (κ3) is 5.21. The van der Waals surface area contributed by atoms with Crippen molar-refractivity contribution in [3.05, 3.63) is 35.9 Å². The van der Waals surface area contributed by atoms with E-state index in [0.29, 0.717) is 29.2 Å². The first-order valence-electron chi connectivity index (χ1n) is 15.3. The molecule has 0 heterocycles. The van der Waals surface area contributed by atoms with Crippen molar-refractivity contribution >= 4 is 15.9 Å². The van der Waals surface area contributed by atoms with Crippen LogP contribution in [0, 0.1) is 52.3 Å². The minimum atomic E-state index is -3.75. The molecular weight excluding hydrogens is 510 g/mol. The number of hydrogen-bond acceptors (Lipinski definition) is 5. The summed E-state index contributed by atoms with van der Waals surface area (Å²) in [7, 11) is -3.75. The number of benzene rings is 1. The summed E-state index contributed by atoms with van der Waals surface area (Å²) in [6, 6.07) is 8.94. The van der Waals surface area contributed by atoms with Gasteiger partial charge in [0, 0.05) is 6.42 Å². The quantitative estimate of drug-likeness (QED) is 0.421. The Bertz CT molecular complexity index is 1140. The van der Waals surface area contributed by atoms with Crippen LogP contribution in [0.25, 0.3) is 0 Å². The van der Waals surface area contributed by atoms with Gasteiger partial charge in [-0.1, -0.05) is 64.4 Å². The Kier molecular flexibility index (Phi) is 8.02. The first-order valence-corrected chi connectivity index (χ1v) is 17.0. The topological polar surface area (TPSA) is 104 Å². The van der Waals surface area contributed by atoms with E-state index >= 15 is 0 Å². The Morgan fingerprint density at radius 2 is 1.67 bits per heavy atom. The third-order valence-electron chi connectivity index (χ3n) is 12.1. The fraction of sp³-hybridized carbons (Fsp3) is 0.781. The fourth-order valence-corrected chi connectivity index (χ4v) is 11.5. The van der Waals surface area contributed by atoms with Crippen LogP contribution in [0.15, 0.2) is 30.3 Å². The summed E-state index contributed by atoms with van der Waals surface area (Å²) < 4.78 is 27.6. The molecule has 39 heavy (non-hydrogen) atoms. The Morgan fingerprint density at radius 3 is 2.36 bits per heavy atom. The van der Waals surface area contributed by atoms with E-state index in [9.17, 15) is 23.4 Å². The van der Waals surface area contributed by atoms with E-state index in [1.54, 1.807) is 24.3 Å². The molecule has 0 spiro atoms. The zero-order chi connectivity index (χ0) is 28.2. The predicted octanol–water partition coefficient (Wildman–Crippen LogP) is 5.29. The summed E-state index contributed by atoms with van der Waals surface area (Å²) in [5.41, 5.74) is 0.871. The van der Waals surface area contributed by atoms with Crippen LogP contribution in [0.4, 0.5) is 0 Å². The molecule has 0 saturated heterocycles. The smallest absolute Gasteiger partial charge is 0.239 e. The average Bonchev–Trinajstić information content (AvgIpc) is 3.22. The maximum absolute atomic E-state index is 12.9. The van der Waals surface area contributed by atoms with Gasteiger partial charge in [-0.2, -0.15) is 0 Å². The van der Waals surface area contributed by atoms with Crippen molar-refractivity contribution in [1.29, 1.82) is 0 Å². The van der Waals surface area contributed by atoms with Gasteiger partial charge in [0.25, 0.3) is 0 Å². The minimum absolute atomic E-state index is 0.0421. The number of aliphatic hydroxyl groups excluding tert-OH is 2. The molecule has 218 valence electrons. The SMILES string of the molecule is CC[C@H]1[C@@H](O)[C@@H]2[C@H](CC[C@]3(C)[C@@H](C(C)CC(=O)NS(=O)(=O)Cc4ccccc4)CC[C@@H]23)[C@@]2(C)CC[C@@H](O)C[C@@H]12. The first kappa shape index (κ1) is 29.1. The molecule has 0 radical (unpaired) electrons. The second kappa shape index (κ2) is 10.8. The lowest BCUT2D eigenvalue weighted by Crippen LogP contribution is -2.62. The summed E-state index contributed by atoms with van der Waals surface area (Å²) in [6.07, 6.45) is 7.57. The van der Waals surface area contributed by atoms with Crippen LogP contribution in [0.2, 0.25) is 0 Å². The molecule has 4 fully saturated rings. The molecule has 4 saturated carbocycles. The average molecular weight is 560 g/mol. The second-order valence-corrected chi connectivity index (χ2v) is 15.8. The monoisotopic (exact) mass is 559 g/mol. The highest BCUT2D eigenvalue weighted by molar-refractivity contribution is 7.89. The first-order chi connectivity index (χ1) is 18.4. The Morgan fingerprint density at radius 1 is 1.00 bits per heavy atom. The molecule has 1 aromatic carbocycles. The molecule has 1 amide bonds. The number of aliphatic hydroxyl groups is 2. The number of carbonyl (C=O) groups excluding carboxylic acids is 1. The standard InChI is InChI=1S/C32H49NO5S/c1-5-23-27-18-22(34)13-15-32(27,4)26-14-16-31(3)24(11-12-25(31)29(26)30(23)36)20(2)17-28(35)33-39(37,38)19-21-9-7-6-8-10-21/h6-10,20,22-27,29-30,34,36H,5,11-19H2,1-4H3,(H,33,35)/t20?,22-,23-,24-,25+,26+,27+,29+,30-,31-,32-/m1/s1. The number of sulfonamides is 1. The maximum atomic E-state index is 12.9. The van der Waals surface area contributed by atoms with Crippen molar-refractivity contribution in [1.82, 2.24) is 4.72 Å². The number of fused-ring (bicyclic) bond motifs is 5. The van der Waals surface area contributed by atoms with Gasteiger partial charge in [0.2, 0.25) is 15.9 Å². The van der Waals surface area contributed by atoms with Gasteiger partial charge >= 0.3 is 0 Å². The van der Waals surface area contributed by atoms with Gasteiger partial charge in [-0.25, -0.2) is 8.42 Å². The van der Waals surface area contributed by atoms with Crippen molar-refractivity contribution in [2.45, 2.75) is 103 Å². The van der Waals surface area contributed by atoms with Crippen LogP contribution < -0.4 is 4.72 Å². The normalized spacial score (nSPS) is 42.6. The maximum Gasteiger partial charge on any atom is 0.239 e. The van der Waals surface area contributed by atoms with Gasteiger partial charge in [-0.3, -0.25) is 9.52 Å². The van der Waals surface area contributed by atoms with Crippen LogP contribution in [-0.2, 0) is 20.6 Å². The Balaban J connectivity index is 1.29. The largest absolute Gasteiger partial charge is 0.393 e. The van der Waals surface area contributed by atoms with Crippen LogP contribution >= 0.6 is 0 Å². The molecule has 3 N–H and O–H groups in total. The summed E-state index contributed by atoms with van der Waals surface area (Å²) in [6.45, 7) is 9.15. The van der Waals surface area contributed by atoms with E-state index in [2.05, 4.69) is 32.4 Å². The van der Waals surface area contributed by atoms with Crippen molar-refractivity contribution in [2.75, 3.05) is 0 Å². The summed E-state index contributed by atoms with van der Waals surface area (Å²) in [5, 5.41) is 22.4. The number of hydrogen-bond donors (Lipinski definition) is 3. The summed E-state index contributed by atoms with van der Waals surface area (Å²) in [5.74, 6) is 1.55. The predicted molar refractivity (Wildman–Crippen MR) is 153 cm³/mol. The lowest BCUT2D eigenvalue weighted by molar-refractivity contribution is -0.203. The molecule has 5 rings (SSSR count). The zero-order valence-corrected chi connectivity index (χ0v) is 25.0. The van der Waals surface area contributed by atoms with Crippen LogP contribution in [0.5, 0.6) is 0 Å². The summed E-state index contributed by atoms with van der Waals surface area (Å²) in [4.78, 5) is 12.9. The lowest BCUT2D eigenvalue weighted by atomic mass is 9.41. The second-order valence-electron chi connectivity index (χ2n) is 14.1. The van der Waals surface area contributed by atoms with E-state index in [0.717, 1.165) is 51.4 Å². The highest BCUT2D eigenvalue weighted by Gasteiger charge is 2.64. The third-order valence-corrected chi connectivity index (χ3v) is 13.4. The van der Waals surface area contributed by atoms with Gasteiger partial charge in [0.1, 0.15) is 0 Å². The molecule has 0 bridgehead atoms. The number of amides is 1.